The van der Waals surface area contributed by atoms with Crippen molar-refractivity contribution in [2.45, 2.75) is 38.7 Å². The van der Waals surface area contributed by atoms with Crippen LogP contribution in [0.25, 0.3) is 0 Å². The number of aliphatic hydroxyl groups is 1. The van der Waals surface area contributed by atoms with E-state index < -0.39 is 5.60 Å². The monoisotopic (exact) mass is 248 g/mol. The second kappa shape index (κ2) is 5.06. The number of aryl methyl sites for hydroxylation is 1. The number of pyridine rings is 1. The number of hydrogen-bond acceptors (Lipinski definition) is 3. The Morgan fingerprint density at radius 1 is 1.39 bits per heavy atom. The zero-order valence-corrected chi connectivity index (χ0v) is 11.0. The molecule has 2 rings (SSSR count). The fraction of sp³-hybridized carbons (Fsp3) is 0.571. The third kappa shape index (κ3) is 3.07. The van der Waals surface area contributed by atoms with Crippen LogP contribution in [0.4, 0.5) is 0 Å². The molecule has 0 saturated carbocycles. The number of carbonyl (C=O) groups excluding carboxylic acids is 1. The maximum absolute atomic E-state index is 12.3. The SMILES string of the molecule is Cc1ccc(C(=O)N2CCCC(C)(O)CC2)cn1. The molecule has 0 aromatic carbocycles. The summed E-state index contributed by atoms with van der Waals surface area (Å²) in [7, 11) is 0. The van der Waals surface area contributed by atoms with E-state index in [2.05, 4.69) is 4.98 Å². The minimum Gasteiger partial charge on any atom is -0.390 e. The molecular weight excluding hydrogens is 228 g/mol. The summed E-state index contributed by atoms with van der Waals surface area (Å²) in [6, 6.07) is 3.66. The Hall–Kier alpha value is -1.42. The van der Waals surface area contributed by atoms with E-state index in [4.69, 9.17) is 0 Å². The molecule has 1 aliphatic rings. The average Bonchev–Trinajstić information content (AvgIpc) is 2.50. The molecule has 0 radical (unpaired) electrons. The van der Waals surface area contributed by atoms with Crippen LogP contribution in [0, 0.1) is 6.92 Å². The zero-order valence-electron chi connectivity index (χ0n) is 11.0. The highest BCUT2D eigenvalue weighted by molar-refractivity contribution is 5.93. The van der Waals surface area contributed by atoms with E-state index in [1.165, 1.54) is 0 Å². The molecule has 1 aromatic heterocycles. The van der Waals surface area contributed by atoms with Gasteiger partial charge in [0, 0.05) is 25.0 Å². The quantitative estimate of drug-likeness (QED) is 0.824. The first-order valence-electron chi connectivity index (χ1n) is 6.42. The first kappa shape index (κ1) is 13.0. The highest BCUT2D eigenvalue weighted by Crippen LogP contribution is 2.22. The fourth-order valence-corrected chi connectivity index (χ4v) is 2.24. The highest BCUT2D eigenvalue weighted by Gasteiger charge is 2.27. The number of aromatic nitrogens is 1. The van der Waals surface area contributed by atoms with Crippen LogP contribution in [0.5, 0.6) is 0 Å². The summed E-state index contributed by atoms with van der Waals surface area (Å²) >= 11 is 0. The summed E-state index contributed by atoms with van der Waals surface area (Å²) in [5.41, 5.74) is 0.896. The van der Waals surface area contributed by atoms with Gasteiger partial charge in [-0.05, 0) is 45.2 Å². The van der Waals surface area contributed by atoms with E-state index in [1.807, 2.05) is 30.9 Å². The Kier molecular flexibility index (Phi) is 3.66. The molecule has 4 heteroatoms. The molecule has 1 amide bonds. The predicted octanol–water partition coefficient (Wildman–Crippen LogP) is 1.77. The van der Waals surface area contributed by atoms with Gasteiger partial charge in [-0.25, -0.2) is 0 Å². The molecule has 1 aliphatic heterocycles. The number of rotatable bonds is 1. The molecule has 1 atom stereocenters. The second-order valence-corrected chi connectivity index (χ2v) is 5.33. The molecule has 1 N–H and O–H groups in total. The van der Waals surface area contributed by atoms with Crippen LogP contribution in [0.15, 0.2) is 18.3 Å². The highest BCUT2D eigenvalue weighted by atomic mass is 16.3. The Bertz CT molecular complexity index is 426. The molecular formula is C14H20N2O2. The van der Waals surface area contributed by atoms with Gasteiger partial charge < -0.3 is 10.0 Å². The van der Waals surface area contributed by atoms with Crippen molar-refractivity contribution in [3.63, 3.8) is 0 Å². The molecule has 1 saturated heterocycles. The maximum Gasteiger partial charge on any atom is 0.255 e. The lowest BCUT2D eigenvalue weighted by molar-refractivity contribution is 0.0438. The summed E-state index contributed by atoms with van der Waals surface area (Å²) in [5.74, 6) is 0.0141. The van der Waals surface area contributed by atoms with Crippen LogP contribution >= 0.6 is 0 Å². The molecule has 1 fully saturated rings. The van der Waals surface area contributed by atoms with Crippen LogP contribution in [-0.2, 0) is 0 Å². The Morgan fingerprint density at radius 2 is 2.17 bits per heavy atom. The van der Waals surface area contributed by atoms with Crippen molar-refractivity contribution < 1.29 is 9.90 Å². The number of nitrogens with zero attached hydrogens (tertiary/aromatic N) is 2. The predicted molar refractivity (Wildman–Crippen MR) is 69.4 cm³/mol. The van der Waals surface area contributed by atoms with Crippen molar-refractivity contribution in [1.82, 2.24) is 9.88 Å². The Morgan fingerprint density at radius 3 is 2.83 bits per heavy atom. The lowest BCUT2D eigenvalue weighted by Crippen LogP contribution is -2.33. The first-order chi connectivity index (χ1) is 8.48. The van der Waals surface area contributed by atoms with Gasteiger partial charge in [0.25, 0.3) is 5.91 Å². The van der Waals surface area contributed by atoms with Gasteiger partial charge in [0.2, 0.25) is 0 Å². The second-order valence-electron chi connectivity index (χ2n) is 5.33. The number of hydrogen-bond donors (Lipinski definition) is 1. The number of carbonyl (C=O) groups is 1. The third-order valence-electron chi connectivity index (χ3n) is 3.51. The van der Waals surface area contributed by atoms with E-state index in [-0.39, 0.29) is 5.91 Å². The lowest BCUT2D eigenvalue weighted by Gasteiger charge is -2.22. The van der Waals surface area contributed by atoms with Crippen molar-refractivity contribution in [2.24, 2.45) is 0 Å². The van der Waals surface area contributed by atoms with Crippen molar-refractivity contribution in [3.05, 3.63) is 29.6 Å². The van der Waals surface area contributed by atoms with Crippen LogP contribution in [0.1, 0.15) is 42.2 Å². The van der Waals surface area contributed by atoms with E-state index in [0.717, 1.165) is 18.5 Å². The lowest BCUT2D eigenvalue weighted by atomic mass is 9.98. The average molecular weight is 248 g/mol. The minimum atomic E-state index is -0.638. The van der Waals surface area contributed by atoms with Gasteiger partial charge >= 0.3 is 0 Å². The number of likely N-dealkylation sites (tertiary alicyclic amines) is 1. The molecule has 4 nitrogen and oxygen atoms in total. The van der Waals surface area contributed by atoms with E-state index in [0.29, 0.717) is 25.1 Å². The summed E-state index contributed by atoms with van der Waals surface area (Å²) in [6.45, 7) is 5.06. The van der Waals surface area contributed by atoms with E-state index in [1.54, 1.807) is 6.20 Å². The maximum atomic E-state index is 12.3. The molecule has 0 spiro atoms. The van der Waals surface area contributed by atoms with Crippen LogP contribution in [0.2, 0.25) is 0 Å². The summed E-state index contributed by atoms with van der Waals surface area (Å²) in [6.07, 6.45) is 3.86. The van der Waals surface area contributed by atoms with Crippen LogP contribution in [0.3, 0.4) is 0 Å². The fourth-order valence-electron chi connectivity index (χ4n) is 2.24. The van der Waals surface area contributed by atoms with E-state index in [9.17, 15) is 9.90 Å². The van der Waals surface area contributed by atoms with Crippen LogP contribution in [-0.4, -0.2) is 39.6 Å². The summed E-state index contributed by atoms with van der Waals surface area (Å²) in [4.78, 5) is 18.2. The van der Waals surface area contributed by atoms with Crippen molar-refractivity contribution in [1.29, 1.82) is 0 Å². The standard InChI is InChI=1S/C14H20N2O2/c1-11-4-5-12(10-15-11)13(17)16-8-3-6-14(2,18)7-9-16/h4-5,10,18H,3,6-9H2,1-2H3. The van der Waals surface area contributed by atoms with E-state index >= 15 is 0 Å². The van der Waals surface area contributed by atoms with Crippen molar-refractivity contribution in [2.75, 3.05) is 13.1 Å². The molecule has 1 aromatic rings. The van der Waals surface area contributed by atoms with Gasteiger partial charge in [-0.15, -0.1) is 0 Å². The number of amides is 1. The molecule has 18 heavy (non-hydrogen) atoms. The van der Waals surface area contributed by atoms with Gasteiger partial charge in [-0.1, -0.05) is 0 Å². The molecule has 1 unspecified atom stereocenters. The summed E-state index contributed by atoms with van der Waals surface area (Å²) < 4.78 is 0. The Balaban J connectivity index is 2.07. The van der Waals surface area contributed by atoms with Crippen molar-refractivity contribution in [3.8, 4) is 0 Å². The largest absolute Gasteiger partial charge is 0.390 e. The van der Waals surface area contributed by atoms with Crippen molar-refractivity contribution >= 4 is 5.91 Å². The minimum absolute atomic E-state index is 0.0141. The first-order valence-corrected chi connectivity index (χ1v) is 6.42. The van der Waals surface area contributed by atoms with Gasteiger partial charge in [0.15, 0.2) is 0 Å². The van der Waals surface area contributed by atoms with Gasteiger partial charge in [-0.3, -0.25) is 9.78 Å². The zero-order chi connectivity index (χ0) is 13.2. The molecule has 2 heterocycles. The summed E-state index contributed by atoms with van der Waals surface area (Å²) in [5, 5.41) is 10.0. The van der Waals surface area contributed by atoms with Crippen LogP contribution < -0.4 is 0 Å². The van der Waals surface area contributed by atoms with Gasteiger partial charge in [-0.2, -0.15) is 0 Å². The third-order valence-corrected chi connectivity index (χ3v) is 3.51. The molecule has 0 aliphatic carbocycles. The van der Waals surface area contributed by atoms with Gasteiger partial charge in [0.05, 0.1) is 11.2 Å². The Labute approximate surface area is 108 Å². The smallest absolute Gasteiger partial charge is 0.255 e. The molecule has 98 valence electrons. The normalized spacial score (nSPS) is 24.7. The topological polar surface area (TPSA) is 53.4 Å². The van der Waals surface area contributed by atoms with Gasteiger partial charge in [0.1, 0.15) is 0 Å². The molecule has 0 bridgehead atoms.